The quantitative estimate of drug-likeness (QED) is 0.930. The van der Waals surface area contributed by atoms with E-state index in [1.54, 1.807) is 6.07 Å². The van der Waals surface area contributed by atoms with Crippen LogP contribution in [0.3, 0.4) is 0 Å². The maximum absolute atomic E-state index is 12.6. The minimum Gasteiger partial charge on any atom is -0.348 e. The average Bonchev–Trinajstić information content (AvgIpc) is 3.01. The summed E-state index contributed by atoms with van der Waals surface area (Å²) >= 11 is 0. The Morgan fingerprint density at radius 2 is 2.23 bits per heavy atom. The van der Waals surface area contributed by atoms with Gasteiger partial charge in [-0.3, -0.25) is 9.59 Å². The Hall–Kier alpha value is -2.37. The van der Waals surface area contributed by atoms with Gasteiger partial charge in [0.2, 0.25) is 5.91 Å². The van der Waals surface area contributed by atoms with Crippen LogP contribution in [0.25, 0.3) is 0 Å². The summed E-state index contributed by atoms with van der Waals surface area (Å²) < 4.78 is 2.22. The van der Waals surface area contributed by atoms with Crippen LogP contribution in [0.1, 0.15) is 37.2 Å². The lowest BCUT2D eigenvalue weighted by Crippen LogP contribution is -2.41. The number of carbonyl (C=O) groups excluding carboxylic acids is 1. The van der Waals surface area contributed by atoms with Crippen LogP contribution in [-0.2, 0) is 17.8 Å². The molecule has 3 rings (SSSR count). The zero-order chi connectivity index (χ0) is 15.5. The number of aromatic amines is 1. The van der Waals surface area contributed by atoms with Gasteiger partial charge >= 0.3 is 0 Å². The van der Waals surface area contributed by atoms with Crippen molar-refractivity contribution in [3.63, 3.8) is 0 Å². The Kier molecular flexibility index (Phi) is 4.09. The van der Waals surface area contributed by atoms with Crippen LogP contribution < -0.4 is 5.56 Å². The van der Waals surface area contributed by atoms with Crippen LogP contribution in [-0.4, -0.2) is 32.1 Å². The Labute approximate surface area is 128 Å². The summed E-state index contributed by atoms with van der Waals surface area (Å²) in [5.74, 6) is 0.146. The number of rotatable bonds is 4. The molecule has 1 atom stereocenters. The van der Waals surface area contributed by atoms with Crippen molar-refractivity contribution in [2.75, 3.05) is 6.54 Å². The summed E-state index contributed by atoms with van der Waals surface area (Å²) in [5, 5.41) is 6.35. The normalized spacial score (nSPS) is 17.3. The Balaban J connectivity index is 1.67. The molecule has 0 spiro atoms. The first-order valence-corrected chi connectivity index (χ1v) is 7.68. The molecule has 0 bridgehead atoms. The second-order valence-corrected chi connectivity index (χ2v) is 5.55. The van der Waals surface area contributed by atoms with Crippen LogP contribution in [0.5, 0.6) is 0 Å². The fourth-order valence-electron chi connectivity index (χ4n) is 3.08. The zero-order valence-electron chi connectivity index (χ0n) is 12.7. The van der Waals surface area contributed by atoms with Gasteiger partial charge < -0.3 is 9.47 Å². The summed E-state index contributed by atoms with van der Waals surface area (Å²) in [6, 6.07) is 7.40. The zero-order valence-corrected chi connectivity index (χ0v) is 12.7. The summed E-state index contributed by atoms with van der Waals surface area (Å²) in [5.41, 5.74) is 1.73. The Morgan fingerprint density at radius 1 is 1.36 bits per heavy atom. The largest absolute Gasteiger partial charge is 0.348 e. The number of hydrogen-bond acceptors (Lipinski definition) is 3. The number of fused-ring (bicyclic) bond motifs is 1. The third-order valence-electron chi connectivity index (χ3n) is 4.20. The van der Waals surface area contributed by atoms with E-state index in [9.17, 15) is 9.59 Å². The second kappa shape index (κ2) is 6.17. The molecule has 1 amide bonds. The van der Waals surface area contributed by atoms with Crippen LogP contribution in [0.15, 0.2) is 35.3 Å². The molecule has 0 unspecified atom stereocenters. The topological polar surface area (TPSA) is 71.0 Å². The molecule has 2 aromatic heterocycles. The van der Waals surface area contributed by atoms with Gasteiger partial charge in [-0.1, -0.05) is 6.92 Å². The van der Waals surface area contributed by atoms with Gasteiger partial charge in [0.1, 0.15) is 0 Å². The molecule has 0 aliphatic carbocycles. The molecule has 0 saturated heterocycles. The lowest BCUT2D eigenvalue weighted by molar-refractivity contribution is -0.134. The molecule has 1 aliphatic heterocycles. The lowest BCUT2D eigenvalue weighted by Gasteiger charge is -2.36. The third-order valence-corrected chi connectivity index (χ3v) is 4.20. The van der Waals surface area contributed by atoms with E-state index in [2.05, 4.69) is 34.0 Å². The highest BCUT2D eigenvalue weighted by molar-refractivity contribution is 5.77. The lowest BCUT2D eigenvalue weighted by atomic mass is 10.1. The molecule has 1 N–H and O–H groups in total. The number of aryl methyl sites for hydroxylation is 1. The van der Waals surface area contributed by atoms with E-state index in [0.717, 1.165) is 25.2 Å². The minimum atomic E-state index is -0.224. The molecule has 0 fully saturated rings. The smallest absolute Gasteiger partial charge is 0.264 e. The highest BCUT2D eigenvalue weighted by atomic mass is 16.2. The highest BCUT2D eigenvalue weighted by Crippen LogP contribution is 2.29. The summed E-state index contributed by atoms with van der Waals surface area (Å²) in [6.07, 6.45) is 3.94. The standard InChI is InChI=1S/C16H20N4O2/c1-2-13-14-4-3-9-19(14)10-11-20(13)16(22)8-6-12-5-7-15(21)18-17-12/h3-5,7,9,13H,2,6,8,10-11H2,1H3,(H,18,21)/t13-/m1/s1. The van der Waals surface area contributed by atoms with Crippen molar-refractivity contribution in [1.82, 2.24) is 19.7 Å². The molecule has 116 valence electrons. The highest BCUT2D eigenvalue weighted by Gasteiger charge is 2.29. The van der Waals surface area contributed by atoms with Crippen LogP contribution in [0.2, 0.25) is 0 Å². The van der Waals surface area contributed by atoms with Gasteiger partial charge in [0.25, 0.3) is 5.56 Å². The molecular formula is C16H20N4O2. The average molecular weight is 300 g/mol. The number of H-pyrrole nitrogens is 1. The van der Waals surface area contributed by atoms with Crippen LogP contribution in [0, 0.1) is 0 Å². The number of nitrogens with one attached hydrogen (secondary N) is 1. The van der Waals surface area contributed by atoms with E-state index in [4.69, 9.17) is 0 Å². The Morgan fingerprint density at radius 3 is 2.95 bits per heavy atom. The number of nitrogens with zero attached hydrogens (tertiary/aromatic N) is 3. The van der Waals surface area contributed by atoms with E-state index in [-0.39, 0.29) is 17.5 Å². The van der Waals surface area contributed by atoms with Crippen molar-refractivity contribution in [2.24, 2.45) is 0 Å². The van der Waals surface area contributed by atoms with Gasteiger partial charge in [-0.05, 0) is 24.6 Å². The van der Waals surface area contributed by atoms with Gasteiger partial charge in [0.15, 0.2) is 0 Å². The molecule has 6 nitrogen and oxygen atoms in total. The fourth-order valence-corrected chi connectivity index (χ4v) is 3.08. The van der Waals surface area contributed by atoms with E-state index in [0.29, 0.717) is 12.8 Å². The summed E-state index contributed by atoms with van der Waals surface area (Å²) in [4.78, 5) is 25.5. The maximum atomic E-state index is 12.6. The van der Waals surface area contributed by atoms with Crippen LogP contribution >= 0.6 is 0 Å². The third kappa shape index (κ3) is 2.81. The van der Waals surface area contributed by atoms with E-state index in [1.165, 1.54) is 11.8 Å². The van der Waals surface area contributed by atoms with Gasteiger partial charge in [0.05, 0.1) is 11.7 Å². The first kappa shape index (κ1) is 14.6. The minimum absolute atomic E-state index is 0.146. The monoisotopic (exact) mass is 300 g/mol. The number of carbonyl (C=O) groups is 1. The van der Waals surface area contributed by atoms with Gasteiger partial charge in [-0.2, -0.15) is 5.10 Å². The van der Waals surface area contributed by atoms with Crippen LogP contribution in [0.4, 0.5) is 0 Å². The first-order valence-electron chi connectivity index (χ1n) is 7.68. The molecule has 6 heteroatoms. The predicted molar refractivity (Wildman–Crippen MR) is 82.4 cm³/mol. The van der Waals surface area contributed by atoms with Crippen molar-refractivity contribution < 1.29 is 4.79 Å². The second-order valence-electron chi connectivity index (χ2n) is 5.55. The van der Waals surface area contributed by atoms with Crippen molar-refractivity contribution >= 4 is 5.91 Å². The van der Waals surface area contributed by atoms with E-state index < -0.39 is 0 Å². The molecule has 0 aromatic carbocycles. The molecule has 0 saturated carbocycles. The van der Waals surface area contributed by atoms with Crippen molar-refractivity contribution in [3.05, 3.63) is 52.2 Å². The van der Waals surface area contributed by atoms with Gasteiger partial charge in [-0.25, -0.2) is 5.10 Å². The number of amides is 1. The molecule has 2 aromatic rings. The summed E-state index contributed by atoms with van der Waals surface area (Å²) in [6.45, 7) is 3.71. The molecule has 1 aliphatic rings. The van der Waals surface area contributed by atoms with E-state index in [1.807, 2.05) is 11.0 Å². The first-order chi connectivity index (χ1) is 10.7. The molecular weight excluding hydrogens is 280 g/mol. The van der Waals surface area contributed by atoms with Crippen molar-refractivity contribution in [1.29, 1.82) is 0 Å². The van der Waals surface area contributed by atoms with Gasteiger partial charge in [0, 0.05) is 43.9 Å². The molecule has 3 heterocycles. The number of hydrogen-bond donors (Lipinski definition) is 1. The predicted octanol–water partition coefficient (Wildman–Crippen LogP) is 1.50. The maximum Gasteiger partial charge on any atom is 0.264 e. The molecule has 22 heavy (non-hydrogen) atoms. The number of aromatic nitrogens is 3. The van der Waals surface area contributed by atoms with Crippen molar-refractivity contribution in [3.8, 4) is 0 Å². The fraction of sp³-hybridized carbons (Fsp3) is 0.438. The Bertz CT molecular complexity index is 698. The SMILES string of the molecule is CC[C@@H]1c2cccn2CCN1C(=O)CCc1ccc(=O)[nH]n1. The summed E-state index contributed by atoms with van der Waals surface area (Å²) in [7, 11) is 0. The van der Waals surface area contributed by atoms with Gasteiger partial charge in [-0.15, -0.1) is 0 Å². The molecule has 0 radical (unpaired) electrons. The van der Waals surface area contributed by atoms with E-state index >= 15 is 0 Å². The van der Waals surface area contributed by atoms with Crippen molar-refractivity contribution in [2.45, 2.75) is 38.8 Å².